The van der Waals surface area contributed by atoms with E-state index >= 15 is 0 Å². The third kappa shape index (κ3) is 1.92. The summed E-state index contributed by atoms with van der Waals surface area (Å²) in [5, 5.41) is 6.56. The zero-order valence-electron chi connectivity index (χ0n) is 10.8. The molecule has 5 nitrogen and oxygen atoms in total. The first-order valence-corrected chi connectivity index (χ1v) is 6.77. The van der Waals surface area contributed by atoms with E-state index in [1.807, 2.05) is 6.92 Å². The Kier molecular flexibility index (Phi) is 2.86. The summed E-state index contributed by atoms with van der Waals surface area (Å²) in [6, 6.07) is 1.68. The molecule has 0 spiro atoms. The molecule has 3 saturated heterocycles. The lowest BCUT2D eigenvalue weighted by Crippen LogP contribution is -2.65. The second-order valence-electron chi connectivity index (χ2n) is 5.67. The smallest absolute Gasteiger partial charge is 0.283 e. The molecular weight excluding hydrogens is 230 g/mol. The number of piperidine rings is 3. The molecule has 1 N–H and O–H groups in total. The number of aromatic nitrogens is 1. The Morgan fingerprint density at radius 1 is 1.44 bits per heavy atom. The highest BCUT2D eigenvalue weighted by Gasteiger charge is 2.45. The maximum atomic E-state index is 12.3. The molecule has 98 valence electrons. The van der Waals surface area contributed by atoms with E-state index in [4.69, 9.17) is 4.52 Å². The fourth-order valence-corrected chi connectivity index (χ4v) is 3.42. The Morgan fingerprint density at radius 2 is 2.11 bits per heavy atom. The molecule has 5 heteroatoms. The van der Waals surface area contributed by atoms with Gasteiger partial charge < -0.3 is 14.3 Å². The number of fused-ring (bicyclic) bond motifs is 3. The Balaban J connectivity index is 1.69. The number of amides is 1. The third-order valence-corrected chi connectivity index (χ3v) is 4.84. The molecule has 1 amide bonds. The molecule has 1 atom stereocenters. The number of anilines is 1. The maximum absolute atomic E-state index is 12.3. The van der Waals surface area contributed by atoms with Crippen molar-refractivity contribution in [2.75, 3.05) is 25.0 Å². The molecule has 2 bridgehead atoms. The van der Waals surface area contributed by atoms with E-state index in [-0.39, 0.29) is 11.9 Å². The van der Waals surface area contributed by atoms with Crippen LogP contribution < -0.4 is 5.32 Å². The first kappa shape index (κ1) is 11.7. The largest absolute Gasteiger partial charge is 0.363 e. The molecule has 1 aromatic heterocycles. The molecule has 3 aliphatic rings. The van der Waals surface area contributed by atoms with Gasteiger partial charge in [-0.25, -0.2) is 0 Å². The average molecular weight is 250 g/mol. The van der Waals surface area contributed by atoms with Crippen LogP contribution >= 0.6 is 0 Å². The van der Waals surface area contributed by atoms with E-state index in [9.17, 15) is 4.79 Å². The number of carbonyl (C=O) groups excluding carboxylic acids is 1. The average Bonchev–Trinajstić information content (AvgIpc) is 2.93. The van der Waals surface area contributed by atoms with Crippen LogP contribution in [0.4, 0.5) is 5.82 Å². The Hall–Kier alpha value is -1.36. The van der Waals surface area contributed by atoms with E-state index in [1.54, 1.807) is 6.07 Å². The fourth-order valence-electron chi connectivity index (χ4n) is 3.42. The van der Waals surface area contributed by atoms with E-state index in [0.717, 1.165) is 30.0 Å². The summed E-state index contributed by atoms with van der Waals surface area (Å²) in [7, 11) is 0. The summed E-state index contributed by atoms with van der Waals surface area (Å²) in [6.07, 6.45) is 5.31. The molecular formula is C13H20N3O2+. The Morgan fingerprint density at radius 3 is 2.67 bits per heavy atom. The van der Waals surface area contributed by atoms with Crippen LogP contribution in [0.15, 0.2) is 16.9 Å². The Labute approximate surface area is 107 Å². The number of rotatable bonds is 3. The number of nitrogens with zero attached hydrogens (tertiary/aromatic N) is 2. The van der Waals surface area contributed by atoms with Gasteiger partial charge >= 0.3 is 0 Å². The molecule has 1 unspecified atom stereocenters. The maximum Gasteiger partial charge on any atom is 0.283 e. The summed E-state index contributed by atoms with van der Waals surface area (Å²) in [4.78, 5) is 12.3. The van der Waals surface area contributed by atoms with Gasteiger partial charge in [0, 0.05) is 6.07 Å². The van der Waals surface area contributed by atoms with Crippen molar-refractivity contribution in [3.05, 3.63) is 12.3 Å². The van der Waals surface area contributed by atoms with Gasteiger partial charge in [0.05, 0.1) is 19.6 Å². The minimum Gasteiger partial charge on any atom is -0.363 e. The summed E-state index contributed by atoms with van der Waals surface area (Å²) >= 11 is 0. The van der Waals surface area contributed by atoms with E-state index in [0.29, 0.717) is 5.82 Å². The van der Waals surface area contributed by atoms with Gasteiger partial charge in [0.2, 0.25) is 0 Å². The number of hydrogen-bond donors (Lipinski definition) is 1. The van der Waals surface area contributed by atoms with Crippen LogP contribution in [-0.4, -0.2) is 41.2 Å². The molecule has 4 rings (SSSR count). The quantitative estimate of drug-likeness (QED) is 0.830. The van der Waals surface area contributed by atoms with Crippen molar-refractivity contribution in [2.45, 2.75) is 32.2 Å². The first-order valence-electron chi connectivity index (χ1n) is 6.77. The summed E-state index contributed by atoms with van der Waals surface area (Å²) in [5.41, 5.74) is 0. The number of carbonyl (C=O) groups is 1. The number of nitrogens with one attached hydrogen (secondary N) is 1. The predicted octanol–water partition coefficient (Wildman–Crippen LogP) is 1.63. The van der Waals surface area contributed by atoms with Crippen molar-refractivity contribution in [3.63, 3.8) is 0 Å². The van der Waals surface area contributed by atoms with Crippen LogP contribution in [-0.2, 0) is 4.79 Å². The molecule has 4 heterocycles. The molecule has 0 aliphatic carbocycles. The molecule has 1 aromatic rings. The summed E-state index contributed by atoms with van der Waals surface area (Å²) in [5.74, 6) is 1.48. The topological polar surface area (TPSA) is 55.1 Å². The van der Waals surface area contributed by atoms with Crippen LogP contribution in [0.2, 0.25) is 0 Å². The fraction of sp³-hybridized carbons (Fsp3) is 0.692. The van der Waals surface area contributed by atoms with Crippen LogP contribution in [0, 0.1) is 5.92 Å². The second kappa shape index (κ2) is 4.39. The van der Waals surface area contributed by atoms with Crippen LogP contribution in [0.25, 0.3) is 0 Å². The van der Waals surface area contributed by atoms with E-state index in [1.165, 1.54) is 25.5 Å². The normalized spacial score (nSPS) is 32.2. The van der Waals surface area contributed by atoms with Crippen molar-refractivity contribution < 1.29 is 13.8 Å². The minimum absolute atomic E-state index is 0.00273. The molecule has 3 aliphatic heterocycles. The van der Waals surface area contributed by atoms with Gasteiger partial charge in [0.15, 0.2) is 11.9 Å². The Bertz CT molecular complexity index is 408. The van der Waals surface area contributed by atoms with E-state index < -0.39 is 0 Å². The predicted molar refractivity (Wildman–Crippen MR) is 66.8 cm³/mol. The first-order chi connectivity index (χ1) is 8.70. The highest BCUT2D eigenvalue weighted by Crippen LogP contribution is 2.35. The van der Waals surface area contributed by atoms with Gasteiger partial charge in [-0.1, -0.05) is 5.16 Å². The van der Waals surface area contributed by atoms with Crippen molar-refractivity contribution in [1.29, 1.82) is 0 Å². The molecule has 0 aromatic carbocycles. The monoisotopic (exact) mass is 250 g/mol. The van der Waals surface area contributed by atoms with Gasteiger partial charge in [0.25, 0.3) is 5.91 Å². The second-order valence-corrected chi connectivity index (χ2v) is 5.67. The van der Waals surface area contributed by atoms with Crippen LogP contribution in [0.5, 0.6) is 0 Å². The van der Waals surface area contributed by atoms with Crippen molar-refractivity contribution in [1.82, 2.24) is 5.16 Å². The van der Waals surface area contributed by atoms with Crippen molar-refractivity contribution >= 4 is 11.7 Å². The third-order valence-electron chi connectivity index (χ3n) is 4.84. The summed E-state index contributed by atoms with van der Waals surface area (Å²) < 4.78 is 5.69. The van der Waals surface area contributed by atoms with Crippen molar-refractivity contribution in [2.24, 2.45) is 5.92 Å². The molecule has 0 radical (unpaired) electrons. The highest BCUT2D eigenvalue weighted by atomic mass is 16.5. The lowest BCUT2D eigenvalue weighted by molar-refractivity contribution is -0.954. The van der Waals surface area contributed by atoms with Crippen LogP contribution in [0.1, 0.15) is 26.2 Å². The van der Waals surface area contributed by atoms with Gasteiger partial charge in [-0.2, -0.15) is 0 Å². The van der Waals surface area contributed by atoms with Crippen LogP contribution in [0.3, 0.4) is 0 Å². The summed E-state index contributed by atoms with van der Waals surface area (Å²) in [6.45, 7) is 5.50. The standard InChI is InChI=1S/C13H19N3O2/c1-10(13(17)14-12-5-9-18-15-12)16-6-2-11(3-7-16)4-8-16/h5,9-11H,2-4,6-8H2,1H3/p+1. The lowest BCUT2D eigenvalue weighted by atomic mass is 9.84. The lowest BCUT2D eigenvalue weighted by Gasteiger charge is -2.51. The number of quaternary nitrogens is 1. The zero-order valence-corrected chi connectivity index (χ0v) is 10.8. The molecule has 0 saturated carbocycles. The van der Waals surface area contributed by atoms with Crippen molar-refractivity contribution in [3.8, 4) is 0 Å². The minimum atomic E-state index is 0.00273. The highest BCUT2D eigenvalue weighted by molar-refractivity contribution is 5.92. The van der Waals surface area contributed by atoms with Gasteiger partial charge in [-0.3, -0.25) is 4.79 Å². The van der Waals surface area contributed by atoms with Gasteiger partial charge in [-0.05, 0) is 32.1 Å². The van der Waals surface area contributed by atoms with Gasteiger partial charge in [-0.15, -0.1) is 0 Å². The van der Waals surface area contributed by atoms with Gasteiger partial charge in [0.1, 0.15) is 6.26 Å². The SMILES string of the molecule is CC(C(=O)Nc1ccon1)[N+]12CCC(CC1)CC2. The van der Waals surface area contributed by atoms with E-state index in [2.05, 4.69) is 10.5 Å². The molecule has 3 fully saturated rings. The molecule has 18 heavy (non-hydrogen) atoms. The zero-order chi connectivity index (χ0) is 12.6. The number of hydrogen-bond acceptors (Lipinski definition) is 3.